The number of rotatable bonds is 2. The van der Waals surface area contributed by atoms with Crippen molar-refractivity contribution < 1.29 is 0 Å². The van der Waals surface area contributed by atoms with Crippen LogP contribution in [0.2, 0.25) is 0 Å². The lowest BCUT2D eigenvalue weighted by Gasteiger charge is -2.09. The number of nitrogens with zero attached hydrogens (tertiary/aromatic N) is 4. The van der Waals surface area contributed by atoms with Crippen LogP contribution >= 0.6 is 0 Å². The van der Waals surface area contributed by atoms with Crippen molar-refractivity contribution in [1.82, 2.24) is 19.5 Å². The van der Waals surface area contributed by atoms with Gasteiger partial charge in [-0.15, -0.1) is 0 Å². The molecular formula is C14H13N5. The van der Waals surface area contributed by atoms with E-state index in [2.05, 4.69) is 15.0 Å². The second kappa shape index (κ2) is 4.53. The second-order valence-electron chi connectivity index (χ2n) is 4.24. The Morgan fingerprint density at radius 3 is 2.74 bits per heavy atom. The first-order valence-corrected chi connectivity index (χ1v) is 5.92. The Labute approximate surface area is 110 Å². The Hall–Kier alpha value is -2.69. The van der Waals surface area contributed by atoms with Crippen LogP contribution in [0.3, 0.4) is 0 Å². The Kier molecular flexibility index (Phi) is 2.72. The molecule has 0 fully saturated rings. The summed E-state index contributed by atoms with van der Waals surface area (Å²) in [5.74, 6) is 0.490. The number of pyridine rings is 2. The van der Waals surface area contributed by atoms with Gasteiger partial charge in [0.1, 0.15) is 5.82 Å². The zero-order valence-electron chi connectivity index (χ0n) is 10.5. The van der Waals surface area contributed by atoms with Crippen LogP contribution in [0.1, 0.15) is 5.69 Å². The van der Waals surface area contributed by atoms with Crippen LogP contribution in [0.25, 0.3) is 16.9 Å². The number of nitrogens with two attached hydrogens (primary N) is 1. The topological polar surface area (TPSA) is 69.6 Å². The van der Waals surface area contributed by atoms with E-state index in [1.807, 2.05) is 42.0 Å². The molecule has 3 aromatic rings. The smallest absolute Gasteiger partial charge is 0.132 e. The molecule has 0 unspecified atom stereocenters. The normalized spacial score (nSPS) is 10.6. The van der Waals surface area contributed by atoms with E-state index in [9.17, 15) is 0 Å². The molecule has 3 rings (SSSR count). The van der Waals surface area contributed by atoms with Gasteiger partial charge >= 0.3 is 0 Å². The highest BCUT2D eigenvalue weighted by Crippen LogP contribution is 2.25. The maximum absolute atomic E-state index is 5.91. The van der Waals surface area contributed by atoms with Crippen molar-refractivity contribution >= 4 is 5.82 Å². The minimum absolute atomic E-state index is 0.490. The molecule has 0 aliphatic carbocycles. The summed E-state index contributed by atoms with van der Waals surface area (Å²) < 4.78 is 1.94. The third-order valence-corrected chi connectivity index (χ3v) is 2.93. The number of imidazole rings is 1. The molecule has 3 heterocycles. The van der Waals surface area contributed by atoms with Gasteiger partial charge < -0.3 is 5.73 Å². The molecule has 0 atom stereocenters. The van der Waals surface area contributed by atoms with Crippen LogP contribution in [0, 0.1) is 6.92 Å². The van der Waals surface area contributed by atoms with Crippen LogP contribution < -0.4 is 5.73 Å². The van der Waals surface area contributed by atoms with Gasteiger partial charge in [0, 0.05) is 17.5 Å². The second-order valence-corrected chi connectivity index (χ2v) is 4.24. The zero-order chi connectivity index (χ0) is 13.2. The molecule has 0 saturated carbocycles. The molecule has 94 valence electrons. The number of aryl methyl sites for hydroxylation is 1. The zero-order valence-corrected chi connectivity index (χ0v) is 10.5. The molecule has 19 heavy (non-hydrogen) atoms. The van der Waals surface area contributed by atoms with Gasteiger partial charge in [-0.05, 0) is 31.2 Å². The van der Waals surface area contributed by atoms with Crippen LogP contribution in [-0.2, 0) is 0 Å². The Morgan fingerprint density at radius 2 is 2.00 bits per heavy atom. The minimum Gasteiger partial charge on any atom is -0.383 e. The number of aromatic nitrogens is 4. The summed E-state index contributed by atoms with van der Waals surface area (Å²) in [6.45, 7) is 1.96. The number of hydrogen-bond donors (Lipinski definition) is 1. The van der Waals surface area contributed by atoms with E-state index >= 15 is 0 Å². The van der Waals surface area contributed by atoms with Crippen LogP contribution in [0.15, 0.2) is 49.2 Å². The van der Waals surface area contributed by atoms with Gasteiger partial charge in [-0.1, -0.05) is 0 Å². The Bertz CT molecular complexity index is 700. The summed E-state index contributed by atoms with van der Waals surface area (Å²) in [6, 6.07) is 7.75. The molecule has 5 heteroatoms. The lowest BCUT2D eigenvalue weighted by atomic mass is 10.2. The van der Waals surface area contributed by atoms with Gasteiger partial charge in [-0.2, -0.15) is 0 Å². The molecule has 0 saturated heterocycles. The molecule has 0 radical (unpaired) electrons. The van der Waals surface area contributed by atoms with E-state index in [0.29, 0.717) is 5.82 Å². The highest BCUT2D eigenvalue weighted by atomic mass is 15.1. The largest absolute Gasteiger partial charge is 0.383 e. The average Bonchev–Trinajstić information content (AvgIpc) is 2.89. The quantitative estimate of drug-likeness (QED) is 0.758. The summed E-state index contributed by atoms with van der Waals surface area (Å²) in [7, 11) is 0. The molecule has 5 nitrogen and oxygen atoms in total. The van der Waals surface area contributed by atoms with E-state index in [1.165, 1.54) is 0 Å². The molecule has 2 N–H and O–H groups in total. The fourth-order valence-corrected chi connectivity index (χ4v) is 1.94. The maximum atomic E-state index is 5.91. The molecule has 0 bridgehead atoms. The van der Waals surface area contributed by atoms with E-state index in [1.54, 1.807) is 18.7 Å². The Balaban J connectivity index is 2.13. The number of hydrogen-bond acceptors (Lipinski definition) is 4. The SMILES string of the molecule is Cc1ccc(-n2cncc2-c2cccnc2N)cn1. The van der Waals surface area contributed by atoms with Crippen molar-refractivity contribution in [2.24, 2.45) is 0 Å². The first kappa shape index (κ1) is 11.4. The monoisotopic (exact) mass is 251 g/mol. The highest BCUT2D eigenvalue weighted by Gasteiger charge is 2.10. The van der Waals surface area contributed by atoms with Crippen molar-refractivity contribution in [2.75, 3.05) is 5.73 Å². The van der Waals surface area contributed by atoms with Crippen LogP contribution in [0.5, 0.6) is 0 Å². The lowest BCUT2D eigenvalue weighted by Crippen LogP contribution is -1.99. The average molecular weight is 251 g/mol. The fourth-order valence-electron chi connectivity index (χ4n) is 1.94. The third kappa shape index (κ3) is 2.06. The molecule has 0 aliphatic heterocycles. The molecule has 0 aliphatic rings. The van der Waals surface area contributed by atoms with Crippen molar-refractivity contribution in [2.45, 2.75) is 6.92 Å². The summed E-state index contributed by atoms with van der Waals surface area (Å²) >= 11 is 0. The van der Waals surface area contributed by atoms with Gasteiger partial charge in [-0.25, -0.2) is 9.97 Å². The van der Waals surface area contributed by atoms with E-state index in [4.69, 9.17) is 5.73 Å². The van der Waals surface area contributed by atoms with Gasteiger partial charge in [0.05, 0.1) is 30.1 Å². The van der Waals surface area contributed by atoms with Crippen molar-refractivity contribution in [1.29, 1.82) is 0 Å². The molecule has 0 amide bonds. The summed E-state index contributed by atoms with van der Waals surface area (Å²) in [4.78, 5) is 12.6. The maximum Gasteiger partial charge on any atom is 0.132 e. The van der Waals surface area contributed by atoms with E-state index in [-0.39, 0.29) is 0 Å². The van der Waals surface area contributed by atoms with Gasteiger partial charge in [-0.3, -0.25) is 9.55 Å². The summed E-state index contributed by atoms with van der Waals surface area (Å²) in [5.41, 5.74) is 9.60. The third-order valence-electron chi connectivity index (χ3n) is 2.93. The highest BCUT2D eigenvalue weighted by molar-refractivity contribution is 5.71. The van der Waals surface area contributed by atoms with Crippen molar-refractivity contribution in [3.8, 4) is 16.9 Å². The first-order chi connectivity index (χ1) is 9.25. The Morgan fingerprint density at radius 1 is 1.11 bits per heavy atom. The summed E-state index contributed by atoms with van der Waals surface area (Å²) in [6.07, 6.45) is 7.00. The van der Waals surface area contributed by atoms with Gasteiger partial charge in [0.2, 0.25) is 0 Å². The molecule has 0 aromatic carbocycles. The van der Waals surface area contributed by atoms with E-state index < -0.39 is 0 Å². The number of anilines is 1. The van der Waals surface area contributed by atoms with Crippen LogP contribution in [-0.4, -0.2) is 19.5 Å². The standard InChI is InChI=1S/C14H13N5/c1-10-4-5-11(7-18-10)19-9-16-8-13(19)12-3-2-6-17-14(12)15/h2-9H,1H3,(H2,15,17). The van der Waals surface area contributed by atoms with Gasteiger partial charge in [0.15, 0.2) is 0 Å². The fraction of sp³-hybridized carbons (Fsp3) is 0.0714. The van der Waals surface area contributed by atoms with Crippen molar-refractivity contribution in [3.05, 3.63) is 54.9 Å². The predicted molar refractivity (Wildman–Crippen MR) is 73.7 cm³/mol. The number of nitrogen functional groups attached to an aromatic ring is 1. The molecule has 3 aromatic heterocycles. The minimum atomic E-state index is 0.490. The van der Waals surface area contributed by atoms with Gasteiger partial charge in [0.25, 0.3) is 0 Å². The van der Waals surface area contributed by atoms with Crippen LogP contribution in [0.4, 0.5) is 5.82 Å². The van der Waals surface area contributed by atoms with E-state index in [0.717, 1.165) is 22.6 Å². The first-order valence-electron chi connectivity index (χ1n) is 5.92. The molecule has 0 spiro atoms. The summed E-state index contributed by atoms with van der Waals surface area (Å²) in [5, 5.41) is 0. The lowest BCUT2D eigenvalue weighted by molar-refractivity contribution is 1.03. The van der Waals surface area contributed by atoms with Crippen molar-refractivity contribution in [3.63, 3.8) is 0 Å². The molecular weight excluding hydrogens is 238 g/mol. The predicted octanol–water partition coefficient (Wildman–Crippen LogP) is 2.22.